The number of nitrogens with one attached hydrogen (secondary N) is 2. The number of hydrogen-bond donors (Lipinski definition) is 3. The third-order valence-corrected chi connectivity index (χ3v) is 6.68. The molecule has 3 heterocycles. The number of nitrogens with zero attached hydrogens (tertiary/aromatic N) is 3. The van der Waals surface area contributed by atoms with E-state index in [-0.39, 0.29) is 5.91 Å². The summed E-state index contributed by atoms with van der Waals surface area (Å²) in [6.07, 6.45) is 4.48. The van der Waals surface area contributed by atoms with Gasteiger partial charge in [-0.05, 0) is 43.5 Å². The maximum atomic E-state index is 11.6. The zero-order chi connectivity index (χ0) is 21.3. The van der Waals surface area contributed by atoms with Crippen LogP contribution in [0.25, 0.3) is 10.4 Å². The van der Waals surface area contributed by atoms with Gasteiger partial charge in [0.25, 0.3) is 0 Å². The van der Waals surface area contributed by atoms with E-state index in [2.05, 4.69) is 31.7 Å². The second kappa shape index (κ2) is 8.29. The number of carbonyl (C=O) groups excluding carboxylic acids is 1. The second-order valence-electron chi connectivity index (χ2n) is 7.50. The van der Waals surface area contributed by atoms with E-state index in [1.807, 2.05) is 26.0 Å². The average Bonchev–Trinajstić information content (AvgIpc) is 3.13. The minimum Gasteiger partial charge on any atom is -0.383 e. The molecular weight excluding hydrogens is 422 g/mol. The van der Waals surface area contributed by atoms with Gasteiger partial charge in [0.2, 0.25) is 11.9 Å². The van der Waals surface area contributed by atoms with Gasteiger partial charge < -0.3 is 15.7 Å². The first kappa shape index (κ1) is 20.7. The molecule has 1 atom stereocenters. The SMILES string of the molecule is Cc1cc(Nc2ncc(Cl)c(C)n2)cc(-c2cnc(C3(O)CCNC(=O)CC3)s2)c1. The molecule has 4 rings (SSSR count). The van der Waals surface area contributed by atoms with Gasteiger partial charge in [0, 0.05) is 31.3 Å². The van der Waals surface area contributed by atoms with Crippen molar-refractivity contribution in [2.45, 2.75) is 38.7 Å². The van der Waals surface area contributed by atoms with Crippen molar-refractivity contribution >= 4 is 40.5 Å². The molecular formula is C21H22ClN5O2S. The van der Waals surface area contributed by atoms with E-state index in [1.54, 1.807) is 12.4 Å². The van der Waals surface area contributed by atoms with Gasteiger partial charge >= 0.3 is 0 Å². The lowest BCUT2D eigenvalue weighted by molar-refractivity contribution is -0.121. The van der Waals surface area contributed by atoms with Crippen molar-refractivity contribution in [1.29, 1.82) is 0 Å². The number of aromatic nitrogens is 3. The van der Waals surface area contributed by atoms with E-state index in [0.29, 0.717) is 47.5 Å². The Bertz CT molecular complexity index is 1100. The molecule has 1 aliphatic rings. The fourth-order valence-electron chi connectivity index (χ4n) is 3.42. The maximum Gasteiger partial charge on any atom is 0.227 e. The monoisotopic (exact) mass is 443 g/mol. The molecule has 2 aromatic heterocycles. The molecule has 30 heavy (non-hydrogen) atoms. The van der Waals surface area contributed by atoms with Gasteiger partial charge in [0.05, 0.1) is 21.8 Å². The molecule has 0 radical (unpaired) electrons. The minimum atomic E-state index is -1.08. The van der Waals surface area contributed by atoms with Crippen LogP contribution < -0.4 is 10.6 Å². The molecule has 156 valence electrons. The van der Waals surface area contributed by atoms with Gasteiger partial charge in [0.1, 0.15) is 10.6 Å². The normalized spacial score (nSPS) is 19.3. The number of carbonyl (C=O) groups is 1. The number of hydrogen-bond acceptors (Lipinski definition) is 7. The van der Waals surface area contributed by atoms with Crippen molar-refractivity contribution in [3.63, 3.8) is 0 Å². The Morgan fingerprint density at radius 2 is 2.03 bits per heavy atom. The molecule has 0 saturated carbocycles. The van der Waals surface area contributed by atoms with Crippen LogP contribution in [0.1, 0.15) is 35.5 Å². The van der Waals surface area contributed by atoms with Gasteiger partial charge in [-0.25, -0.2) is 15.0 Å². The molecule has 1 fully saturated rings. The zero-order valence-corrected chi connectivity index (χ0v) is 18.3. The molecule has 1 aliphatic heterocycles. The van der Waals surface area contributed by atoms with Crippen molar-refractivity contribution in [2.24, 2.45) is 0 Å². The number of thiazole rings is 1. The standard InChI is InChI=1S/C21H22ClN5O2S/c1-12-7-14(9-15(8-12)27-20-25-10-16(22)13(2)26-20)17-11-24-19(30-17)21(29)4-3-18(28)23-6-5-21/h7-11,29H,3-6H2,1-2H3,(H,23,28)(H,25,26,27). The van der Waals surface area contributed by atoms with E-state index in [9.17, 15) is 9.90 Å². The molecule has 3 N–H and O–H groups in total. The van der Waals surface area contributed by atoms with Gasteiger partial charge in [-0.2, -0.15) is 0 Å². The first-order valence-corrected chi connectivity index (χ1v) is 10.9. The van der Waals surface area contributed by atoms with Crippen LogP contribution in [0.3, 0.4) is 0 Å². The minimum absolute atomic E-state index is 0.0308. The van der Waals surface area contributed by atoms with Gasteiger partial charge in [-0.1, -0.05) is 17.7 Å². The summed E-state index contributed by atoms with van der Waals surface area (Å²) in [4.78, 5) is 25.6. The van der Waals surface area contributed by atoms with Gasteiger partial charge in [0.15, 0.2) is 0 Å². The van der Waals surface area contributed by atoms with Crippen LogP contribution in [0.15, 0.2) is 30.6 Å². The predicted octanol–water partition coefficient (Wildman–Crippen LogP) is 4.10. The number of amides is 1. The molecule has 3 aromatic rings. The Hall–Kier alpha value is -2.55. The fraction of sp³-hybridized carbons (Fsp3) is 0.333. The van der Waals surface area contributed by atoms with Crippen molar-refractivity contribution in [1.82, 2.24) is 20.3 Å². The van der Waals surface area contributed by atoms with Crippen LogP contribution in [-0.2, 0) is 10.4 Å². The van der Waals surface area contributed by atoms with Crippen LogP contribution in [0.2, 0.25) is 5.02 Å². The molecule has 7 nitrogen and oxygen atoms in total. The van der Waals surface area contributed by atoms with Crippen LogP contribution in [-0.4, -0.2) is 32.5 Å². The van der Waals surface area contributed by atoms with E-state index < -0.39 is 5.60 Å². The van der Waals surface area contributed by atoms with Gasteiger partial charge in [-0.3, -0.25) is 4.79 Å². The molecule has 0 aliphatic carbocycles. The summed E-state index contributed by atoms with van der Waals surface area (Å²) in [7, 11) is 0. The Labute approximate surface area is 183 Å². The van der Waals surface area contributed by atoms with Crippen LogP contribution in [0.5, 0.6) is 0 Å². The number of benzene rings is 1. The summed E-state index contributed by atoms with van der Waals surface area (Å²) in [6.45, 7) is 4.29. The number of rotatable bonds is 4. The van der Waals surface area contributed by atoms with Crippen molar-refractivity contribution in [3.8, 4) is 10.4 Å². The number of halogens is 1. The lowest BCUT2D eigenvalue weighted by Crippen LogP contribution is -2.27. The highest BCUT2D eigenvalue weighted by Crippen LogP contribution is 2.38. The average molecular weight is 444 g/mol. The maximum absolute atomic E-state index is 11.6. The first-order valence-electron chi connectivity index (χ1n) is 9.66. The number of anilines is 2. The Morgan fingerprint density at radius 3 is 2.83 bits per heavy atom. The highest BCUT2D eigenvalue weighted by Gasteiger charge is 2.35. The Balaban J connectivity index is 1.60. The van der Waals surface area contributed by atoms with Crippen LogP contribution >= 0.6 is 22.9 Å². The van der Waals surface area contributed by atoms with Crippen molar-refractivity contribution in [3.05, 3.63) is 51.9 Å². The molecule has 9 heteroatoms. The summed E-state index contributed by atoms with van der Waals surface area (Å²) in [5, 5.41) is 18.3. The Morgan fingerprint density at radius 1 is 1.20 bits per heavy atom. The molecule has 1 aromatic carbocycles. The highest BCUT2D eigenvalue weighted by atomic mass is 35.5. The highest BCUT2D eigenvalue weighted by molar-refractivity contribution is 7.15. The topological polar surface area (TPSA) is 100 Å². The number of aryl methyl sites for hydroxylation is 2. The molecule has 1 saturated heterocycles. The number of aliphatic hydroxyl groups is 1. The van der Waals surface area contributed by atoms with E-state index in [0.717, 1.165) is 21.7 Å². The van der Waals surface area contributed by atoms with Crippen molar-refractivity contribution < 1.29 is 9.90 Å². The van der Waals surface area contributed by atoms with Crippen molar-refractivity contribution in [2.75, 3.05) is 11.9 Å². The summed E-state index contributed by atoms with van der Waals surface area (Å²) in [6, 6.07) is 6.08. The smallest absolute Gasteiger partial charge is 0.227 e. The summed E-state index contributed by atoms with van der Waals surface area (Å²) in [5.74, 6) is 0.445. The second-order valence-corrected chi connectivity index (χ2v) is 8.94. The summed E-state index contributed by atoms with van der Waals surface area (Å²) < 4.78 is 0. The molecule has 0 spiro atoms. The van der Waals surface area contributed by atoms with E-state index in [4.69, 9.17) is 11.6 Å². The van der Waals surface area contributed by atoms with E-state index >= 15 is 0 Å². The third kappa shape index (κ3) is 4.45. The van der Waals surface area contributed by atoms with Gasteiger partial charge in [-0.15, -0.1) is 11.3 Å². The summed E-state index contributed by atoms with van der Waals surface area (Å²) in [5.41, 5.74) is 2.53. The molecule has 1 amide bonds. The quantitative estimate of drug-likeness (QED) is 0.561. The van der Waals surface area contributed by atoms with Crippen LogP contribution in [0, 0.1) is 13.8 Å². The molecule has 0 bridgehead atoms. The fourth-order valence-corrected chi connectivity index (χ4v) is 4.56. The third-order valence-electron chi connectivity index (χ3n) is 5.07. The first-order chi connectivity index (χ1) is 14.3. The predicted molar refractivity (Wildman–Crippen MR) is 118 cm³/mol. The van der Waals surface area contributed by atoms with E-state index in [1.165, 1.54) is 11.3 Å². The Kier molecular flexibility index (Phi) is 5.73. The molecule has 1 unspecified atom stereocenters. The zero-order valence-electron chi connectivity index (χ0n) is 16.7. The lowest BCUT2D eigenvalue weighted by Gasteiger charge is -2.22. The lowest BCUT2D eigenvalue weighted by atomic mass is 9.96. The van der Waals surface area contributed by atoms with Crippen LogP contribution in [0.4, 0.5) is 11.6 Å². The summed E-state index contributed by atoms with van der Waals surface area (Å²) >= 11 is 7.46. The largest absolute Gasteiger partial charge is 0.383 e.